The summed E-state index contributed by atoms with van der Waals surface area (Å²) >= 11 is 0. The number of amides is 8. The molecule has 9 rings (SSSR count). The third kappa shape index (κ3) is 18.8. The van der Waals surface area contributed by atoms with Gasteiger partial charge in [0.1, 0.15) is 46.9 Å². The van der Waals surface area contributed by atoms with Crippen LogP contribution in [-0.4, -0.2) is 111 Å². The Balaban J connectivity index is 1.10. The van der Waals surface area contributed by atoms with Gasteiger partial charge in [0.2, 0.25) is 23.6 Å². The van der Waals surface area contributed by atoms with Crippen molar-refractivity contribution >= 4 is 47.3 Å². The summed E-state index contributed by atoms with van der Waals surface area (Å²) in [5.74, 6) is -6.22. The summed E-state index contributed by atoms with van der Waals surface area (Å²) < 4.78 is 0. The molecule has 8 aromatic rings. The Morgan fingerprint density at radius 1 is 0.281 bits per heavy atom. The fourth-order valence-corrected chi connectivity index (χ4v) is 11.3. The summed E-state index contributed by atoms with van der Waals surface area (Å²) in [7, 11) is 0. The summed E-state index contributed by atoms with van der Waals surface area (Å²) in [6, 6.07) is 52.9. The second-order valence-electron chi connectivity index (χ2n) is 25.6. The number of benzene rings is 4. The van der Waals surface area contributed by atoms with Gasteiger partial charge in [-0.1, -0.05) is 201 Å². The number of nitrogens with zero attached hydrogens (tertiary/aromatic N) is 8. The highest BCUT2D eigenvalue weighted by Crippen LogP contribution is 2.22. The maximum Gasteiger partial charge on any atom is 0.270 e. The lowest BCUT2D eigenvalue weighted by molar-refractivity contribution is -0.136. The molecule has 1 aliphatic heterocycles. The second-order valence-corrected chi connectivity index (χ2v) is 25.6. The normalized spacial score (nSPS) is 18.0. The molecule has 96 heavy (non-hydrogen) atoms. The first-order valence-electron chi connectivity index (χ1n) is 32.6. The number of hydrogen-bond donors (Lipinski definition) is 4. The van der Waals surface area contributed by atoms with Crippen LogP contribution in [0.2, 0.25) is 0 Å². The average molecular weight is 1290 g/mol. The second kappa shape index (κ2) is 32.9. The Labute approximate surface area is 561 Å². The molecule has 4 aromatic carbocycles. The van der Waals surface area contributed by atoms with Crippen LogP contribution in [0.25, 0.3) is 0 Å². The van der Waals surface area contributed by atoms with E-state index in [-0.39, 0.29) is 75.1 Å². The van der Waals surface area contributed by atoms with Crippen LogP contribution in [0.1, 0.15) is 142 Å². The van der Waals surface area contributed by atoms with Gasteiger partial charge in [0.05, 0.1) is 49.0 Å². The van der Waals surface area contributed by atoms with Crippen molar-refractivity contribution in [2.45, 2.75) is 132 Å². The van der Waals surface area contributed by atoms with E-state index in [0.29, 0.717) is 22.8 Å². The van der Waals surface area contributed by atoms with Gasteiger partial charge in [-0.25, -0.2) is 9.97 Å². The Kier molecular flexibility index (Phi) is 23.8. The topological polar surface area (TPSA) is 249 Å². The molecule has 496 valence electrons. The molecule has 0 spiro atoms. The van der Waals surface area contributed by atoms with Crippen LogP contribution < -0.4 is 21.3 Å². The Bertz CT molecular complexity index is 3510. The summed E-state index contributed by atoms with van der Waals surface area (Å²) in [5, 5.41) is 11.7. The lowest BCUT2D eigenvalue weighted by Gasteiger charge is -2.31. The van der Waals surface area contributed by atoms with E-state index in [2.05, 4.69) is 31.2 Å². The SMILES string of the molecule is CC(C)[C@@H]1NC(=O)c2cccc(n2)C(=O)N[C@@H](C(C)C)C(=O)N(Cc2ccccc2)Cc2cccc(n2)CN(Cc2ccccc2)C(=O)[C@H](C(C)C)NC(=O)c2cccc(n2)C(=O)N[C@@H](C(C)C)C(=O)N(Cc2ccccc2)Cc2cccc(n2)CN(Cc2ccccc2)C1=O. The molecule has 0 radical (unpaired) electrons. The zero-order chi connectivity index (χ0) is 68.4. The smallest absolute Gasteiger partial charge is 0.270 e. The van der Waals surface area contributed by atoms with Crippen LogP contribution in [0.5, 0.6) is 0 Å². The van der Waals surface area contributed by atoms with Gasteiger partial charge >= 0.3 is 0 Å². The van der Waals surface area contributed by atoms with Gasteiger partial charge in [-0.05, 0) is 94.5 Å². The van der Waals surface area contributed by atoms with Gasteiger partial charge in [0.15, 0.2) is 0 Å². The summed E-state index contributed by atoms with van der Waals surface area (Å²) in [6.07, 6.45) is 0. The molecular formula is C76H84N12O8. The number of carbonyl (C=O) groups excluding carboxylic acids is 8. The van der Waals surface area contributed by atoms with E-state index in [9.17, 15) is 19.2 Å². The molecule has 1 aliphatic rings. The summed E-state index contributed by atoms with van der Waals surface area (Å²) in [4.78, 5) is 144. The molecule has 20 heteroatoms. The minimum absolute atomic E-state index is 0.00148. The van der Waals surface area contributed by atoms with Crippen molar-refractivity contribution < 1.29 is 38.4 Å². The summed E-state index contributed by atoms with van der Waals surface area (Å²) in [5.41, 5.74) is 4.70. The van der Waals surface area contributed by atoms with E-state index in [1.54, 1.807) is 56.0 Å². The highest BCUT2D eigenvalue weighted by molar-refractivity contribution is 6.01. The molecule has 0 saturated heterocycles. The van der Waals surface area contributed by atoms with Crippen LogP contribution in [0.15, 0.2) is 194 Å². The van der Waals surface area contributed by atoms with Crippen molar-refractivity contribution in [1.29, 1.82) is 0 Å². The van der Waals surface area contributed by atoms with Crippen molar-refractivity contribution in [2.24, 2.45) is 23.7 Å². The third-order valence-corrected chi connectivity index (χ3v) is 16.6. The molecular weight excluding hydrogens is 1210 g/mol. The van der Waals surface area contributed by atoms with Gasteiger partial charge in [-0.15, -0.1) is 0 Å². The predicted molar refractivity (Wildman–Crippen MR) is 364 cm³/mol. The van der Waals surface area contributed by atoms with Gasteiger partial charge in [-0.2, -0.15) is 0 Å². The fourth-order valence-electron chi connectivity index (χ4n) is 11.3. The van der Waals surface area contributed by atoms with E-state index in [4.69, 9.17) is 9.97 Å². The van der Waals surface area contributed by atoms with Crippen molar-refractivity contribution in [1.82, 2.24) is 60.8 Å². The Morgan fingerprint density at radius 2 is 0.479 bits per heavy atom. The van der Waals surface area contributed by atoms with Gasteiger partial charge in [-0.3, -0.25) is 48.3 Å². The Hall–Kier alpha value is -10.8. The minimum atomic E-state index is -1.08. The molecule has 20 nitrogen and oxygen atoms in total. The van der Waals surface area contributed by atoms with E-state index in [1.807, 2.05) is 177 Å². The van der Waals surface area contributed by atoms with E-state index < -0.39 is 95.1 Å². The third-order valence-electron chi connectivity index (χ3n) is 16.6. The maximum atomic E-state index is 15.1. The van der Waals surface area contributed by atoms with E-state index in [0.717, 1.165) is 22.3 Å². The van der Waals surface area contributed by atoms with E-state index >= 15 is 19.2 Å². The zero-order valence-electron chi connectivity index (χ0n) is 55.6. The first kappa shape index (κ1) is 69.6. The Morgan fingerprint density at radius 3 is 0.677 bits per heavy atom. The quantitative estimate of drug-likeness (QED) is 0.0893. The van der Waals surface area contributed by atoms with Crippen LogP contribution in [-0.2, 0) is 71.5 Å². The molecule has 8 bridgehead atoms. The highest BCUT2D eigenvalue weighted by atomic mass is 16.2. The molecule has 5 heterocycles. The first-order valence-corrected chi connectivity index (χ1v) is 32.6. The number of nitrogens with one attached hydrogen (secondary N) is 4. The number of rotatable bonds is 12. The monoisotopic (exact) mass is 1290 g/mol. The number of fused-ring (bicyclic) bond motifs is 8. The largest absolute Gasteiger partial charge is 0.339 e. The standard InChI is InChI=1S/C76H84N12O8/c1-49(2)65-73(93)85(41-53-25-13-9-14-26-53)45-57-33-21-34-58(77-57)46-86(42-54-27-15-10-16-28-54)75(95)67(51(5)6)83-71(91)63-39-24-40-64(80-63)72(92)84-68(52(7)8)76(96)88(44-56-31-19-12-20-32-56)48-60-36-22-35-59(78-60)47-87(43-55-29-17-11-18-30-55)74(94)66(50(3)4)82-70(90)62-38-23-37-61(79-62)69(89)81-65/h9-40,49-52,65-68H,41-48H2,1-8H3,(H,81,89)(H,82,90)(H,83,91)(H,84,92)/t65-,66-,67-,68-/m0/s1. The van der Waals surface area contributed by atoms with Crippen LogP contribution in [0.4, 0.5) is 0 Å². The molecule has 0 fully saturated rings. The zero-order valence-corrected chi connectivity index (χ0v) is 55.6. The van der Waals surface area contributed by atoms with Crippen molar-refractivity contribution in [3.05, 3.63) is 262 Å². The molecule has 8 amide bonds. The number of hydrogen-bond acceptors (Lipinski definition) is 12. The van der Waals surface area contributed by atoms with E-state index in [1.165, 1.54) is 36.4 Å². The molecule has 4 N–H and O–H groups in total. The van der Waals surface area contributed by atoms with Crippen molar-refractivity contribution in [2.75, 3.05) is 0 Å². The molecule has 0 saturated carbocycles. The number of aromatic nitrogens is 4. The predicted octanol–water partition coefficient (Wildman–Crippen LogP) is 9.51. The number of pyridine rings is 4. The maximum absolute atomic E-state index is 15.1. The molecule has 0 unspecified atom stereocenters. The molecule has 0 aliphatic carbocycles. The van der Waals surface area contributed by atoms with Gasteiger partial charge in [0, 0.05) is 26.2 Å². The van der Waals surface area contributed by atoms with Crippen molar-refractivity contribution in [3.63, 3.8) is 0 Å². The number of carbonyl (C=O) groups is 8. The highest BCUT2D eigenvalue weighted by Gasteiger charge is 2.36. The average Bonchev–Trinajstić information content (AvgIpc) is 0.936. The lowest BCUT2D eigenvalue weighted by Crippen LogP contribution is -2.51. The fraction of sp³-hybridized carbons (Fsp3) is 0.316. The van der Waals surface area contributed by atoms with Crippen molar-refractivity contribution in [3.8, 4) is 0 Å². The van der Waals surface area contributed by atoms with Crippen LogP contribution >= 0.6 is 0 Å². The van der Waals surface area contributed by atoms with Gasteiger partial charge in [0.25, 0.3) is 23.6 Å². The first-order chi connectivity index (χ1) is 46.2. The van der Waals surface area contributed by atoms with Crippen LogP contribution in [0.3, 0.4) is 0 Å². The van der Waals surface area contributed by atoms with Crippen LogP contribution in [0, 0.1) is 23.7 Å². The lowest BCUT2D eigenvalue weighted by atomic mass is 10.0. The minimum Gasteiger partial charge on any atom is -0.339 e. The van der Waals surface area contributed by atoms with Gasteiger partial charge < -0.3 is 40.9 Å². The molecule has 4 aromatic heterocycles. The molecule has 4 atom stereocenters. The summed E-state index contributed by atoms with van der Waals surface area (Å²) in [6.45, 7) is 15.1.